The van der Waals surface area contributed by atoms with Crippen molar-refractivity contribution in [2.75, 3.05) is 20.3 Å². The standard InChI is InChI=1S/C21H38N2O10/c1-10(2)8-12(20(29)31-5)22-19(28)15(11(3)4)23-14(24)6-7-32-9-13-16(25)17(26)18(27)21(30)33-13/h10-13,15-18,21,25-27,30H,6-9H2,1-5H3,(H,22,28)(H,23,24)/t12-,13+,15-,16+,17-,18+,21?/m0/s1. The van der Waals surface area contributed by atoms with E-state index >= 15 is 0 Å². The molecule has 1 unspecified atom stereocenters. The molecule has 0 bridgehead atoms. The van der Waals surface area contributed by atoms with Crippen LogP contribution in [0.25, 0.3) is 0 Å². The van der Waals surface area contributed by atoms with Crippen LogP contribution in [0.1, 0.15) is 40.5 Å². The highest BCUT2D eigenvalue weighted by atomic mass is 16.6. The number of aliphatic hydroxyl groups excluding tert-OH is 4. The van der Waals surface area contributed by atoms with Crippen LogP contribution >= 0.6 is 0 Å². The van der Waals surface area contributed by atoms with Gasteiger partial charge in [0.2, 0.25) is 11.8 Å². The quantitative estimate of drug-likeness (QED) is 0.136. The molecule has 1 rings (SSSR count). The number of rotatable bonds is 12. The Labute approximate surface area is 193 Å². The molecule has 192 valence electrons. The zero-order valence-corrected chi connectivity index (χ0v) is 19.8. The van der Waals surface area contributed by atoms with Crippen molar-refractivity contribution >= 4 is 17.8 Å². The highest BCUT2D eigenvalue weighted by Gasteiger charge is 2.43. The van der Waals surface area contributed by atoms with Crippen LogP contribution in [0.15, 0.2) is 0 Å². The van der Waals surface area contributed by atoms with Crippen LogP contribution in [0.2, 0.25) is 0 Å². The number of hydrogen-bond donors (Lipinski definition) is 6. The molecule has 7 atom stereocenters. The van der Waals surface area contributed by atoms with Crippen molar-refractivity contribution in [2.45, 2.75) is 83.3 Å². The average Bonchev–Trinajstić information content (AvgIpc) is 2.75. The summed E-state index contributed by atoms with van der Waals surface area (Å²) >= 11 is 0. The van der Waals surface area contributed by atoms with Crippen LogP contribution in [-0.4, -0.2) is 101 Å². The molecule has 0 aliphatic carbocycles. The van der Waals surface area contributed by atoms with Gasteiger partial charge in [-0.05, 0) is 18.3 Å². The fourth-order valence-corrected chi connectivity index (χ4v) is 3.30. The molecule has 1 heterocycles. The molecular formula is C21H38N2O10. The van der Waals surface area contributed by atoms with Crippen molar-refractivity contribution in [3.63, 3.8) is 0 Å². The van der Waals surface area contributed by atoms with Gasteiger partial charge in [-0.15, -0.1) is 0 Å². The van der Waals surface area contributed by atoms with Gasteiger partial charge in [0.15, 0.2) is 6.29 Å². The Hall–Kier alpha value is -1.83. The van der Waals surface area contributed by atoms with Crippen molar-refractivity contribution in [2.24, 2.45) is 11.8 Å². The van der Waals surface area contributed by atoms with Crippen molar-refractivity contribution in [3.05, 3.63) is 0 Å². The van der Waals surface area contributed by atoms with E-state index in [0.29, 0.717) is 6.42 Å². The minimum absolute atomic E-state index is 0.0856. The Morgan fingerprint density at radius 3 is 2.15 bits per heavy atom. The van der Waals surface area contributed by atoms with Crippen molar-refractivity contribution in [1.29, 1.82) is 0 Å². The molecule has 0 aromatic heterocycles. The van der Waals surface area contributed by atoms with Gasteiger partial charge in [0, 0.05) is 6.42 Å². The molecule has 12 nitrogen and oxygen atoms in total. The van der Waals surface area contributed by atoms with E-state index in [1.165, 1.54) is 7.11 Å². The summed E-state index contributed by atoms with van der Waals surface area (Å²) in [4.78, 5) is 37.0. The molecule has 2 amide bonds. The van der Waals surface area contributed by atoms with Gasteiger partial charge in [0.25, 0.3) is 0 Å². The minimum atomic E-state index is -1.67. The minimum Gasteiger partial charge on any atom is -0.467 e. The van der Waals surface area contributed by atoms with Crippen molar-refractivity contribution in [3.8, 4) is 0 Å². The van der Waals surface area contributed by atoms with E-state index in [9.17, 15) is 34.8 Å². The van der Waals surface area contributed by atoms with E-state index in [2.05, 4.69) is 10.6 Å². The van der Waals surface area contributed by atoms with E-state index in [4.69, 9.17) is 14.2 Å². The number of carbonyl (C=O) groups is 3. The van der Waals surface area contributed by atoms with Gasteiger partial charge in [-0.3, -0.25) is 9.59 Å². The number of ether oxygens (including phenoxy) is 3. The van der Waals surface area contributed by atoms with Crippen LogP contribution in [-0.2, 0) is 28.6 Å². The first-order valence-corrected chi connectivity index (χ1v) is 11.0. The third-order valence-corrected chi connectivity index (χ3v) is 5.22. The van der Waals surface area contributed by atoms with E-state index in [1.807, 2.05) is 13.8 Å². The predicted octanol–water partition coefficient (Wildman–Crippen LogP) is -1.96. The maximum Gasteiger partial charge on any atom is 0.328 e. The average molecular weight is 479 g/mol. The third-order valence-electron chi connectivity index (χ3n) is 5.22. The number of esters is 1. The summed E-state index contributed by atoms with van der Waals surface area (Å²) in [5.74, 6) is -1.66. The molecule has 0 spiro atoms. The maximum atomic E-state index is 12.7. The van der Waals surface area contributed by atoms with Gasteiger partial charge in [-0.2, -0.15) is 0 Å². The van der Waals surface area contributed by atoms with Crippen molar-refractivity contribution < 1.29 is 49.0 Å². The lowest BCUT2D eigenvalue weighted by molar-refractivity contribution is -0.288. The first-order valence-electron chi connectivity index (χ1n) is 11.0. The van der Waals surface area contributed by atoms with Crippen molar-refractivity contribution in [1.82, 2.24) is 10.6 Å². The predicted molar refractivity (Wildman–Crippen MR) is 115 cm³/mol. The molecule has 0 aromatic carbocycles. The number of amides is 2. The number of carbonyl (C=O) groups excluding carboxylic acids is 3. The molecule has 1 saturated heterocycles. The van der Waals surface area contributed by atoms with E-state index in [-0.39, 0.29) is 31.5 Å². The Kier molecular flexibility index (Phi) is 12.2. The summed E-state index contributed by atoms with van der Waals surface area (Å²) in [6.07, 6.45) is -7.19. The van der Waals surface area contributed by atoms with Crippen LogP contribution in [0.5, 0.6) is 0 Å². The van der Waals surface area contributed by atoms with Gasteiger partial charge in [0.05, 0.1) is 20.3 Å². The lowest BCUT2D eigenvalue weighted by atomic mass is 9.99. The van der Waals surface area contributed by atoms with E-state index in [0.717, 1.165) is 0 Å². The zero-order chi connectivity index (χ0) is 25.3. The second-order valence-electron chi connectivity index (χ2n) is 8.86. The Bertz CT molecular complexity index is 645. The molecule has 6 N–H and O–H groups in total. The smallest absolute Gasteiger partial charge is 0.328 e. The number of aliphatic hydroxyl groups is 4. The summed E-state index contributed by atoms with van der Waals surface area (Å²) in [6, 6.07) is -1.71. The number of hydrogen-bond acceptors (Lipinski definition) is 10. The lowest BCUT2D eigenvalue weighted by Crippen LogP contribution is -2.58. The van der Waals surface area contributed by atoms with Gasteiger partial charge in [0.1, 0.15) is 36.5 Å². The maximum absolute atomic E-state index is 12.7. The van der Waals surface area contributed by atoms with Crippen LogP contribution in [0.3, 0.4) is 0 Å². The Morgan fingerprint density at radius 1 is 0.970 bits per heavy atom. The SMILES string of the molecule is COC(=O)[C@H](CC(C)C)NC(=O)[C@@H](NC(=O)CCOC[C@H]1OC(O)[C@H](O)[C@@H](O)[C@@H]1O)C(C)C. The normalized spacial score (nSPS) is 27.2. The monoisotopic (exact) mass is 478 g/mol. The van der Waals surface area contributed by atoms with E-state index in [1.54, 1.807) is 13.8 Å². The molecule has 0 saturated carbocycles. The second-order valence-corrected chi connectivity index (χ2v) is 8.86. The van der Waals surface area contributed by atoms with Gasteiger partial charge >= 0.3 is 5.97 Å². The van der Waals surface area contributed by atoms with Crippen LogP contribution < -0.4 is 10.6 Å². The Morgan fingerprint density at radius 2 is 1.61 bits per heavy atom. The highest BCUT2D eigenvalue weighted by molar-refractivity contribution is 5.90. The van der Waals surface area contributed by atoms with Gasteiger partial charge in [-0.1, -0.05) is 27.7 Å². The van der Waals surface area contributed by atoms with Gasteiger partial charge < -0.3 is 45.3 Å². The lowest BCUT2D eigenvalue weighted by Gasteiger charge is -2.38. The molecule has 0 radical (unpaired) electrons. The molecular weight excluding hydrogens is 440 g/mol. The molecule has 1 aliphatic heterocycles. The van der Waals surface area contributed by atoms with Crippen LogP contribution in [0, 0.1) is 11.8 Å². The molecule has 33 heavy (non-hydrogen) atoms. The zero-order valence-electron chi connectivity index (χ0n) is 19.8. The first-order chi connectivity index (χ1) is 15.4. The highest BCUT2D eigenvalue weighted by Crippen LogP contribution is 2.20. The molecule has 1 aliphatic rings. The number of nitrogens with one attached hydrogen (secondary N) is 2. The largest absolute Gasteiger partial charge is 0.467 e. The third kappa shape index (κ3) is 9.14. The fourth-order valence-electron chi connectivity index (χ4n) is 3.30. The molecule has 12 heteroatoms. The number of methoxy groups -OCH3 is 1. The summed E-state index contributed by atoms with van der Waals surface area (Å²) in [5, 5.41) is 43.8. The topological polar surface area (TPSA) is 184 Å². The summed E-state index contributed by atoms with van der Waals surface area (Å²) in [5.41, 5.74) is 0. The molecule has 1 fully saturated rings. The van der Waals surface area contributed by atoms with Crippen LogP contribution in [0.4, 0.5) is 0 Å². The molecule has 0 aromatic rings. The summed E-state index contributed by atoms with van der Waals surface area (Å²) in [7, 11) is 1.24. The first kappa shape index (κ1) is 29.2. The van der Waals surface area contributed by atoms with E-state index < -0.39 is 60.6 Å². The summed E-state index contributed by atoms with van der Waals surface area (Å²) < 4.78 is 15.0. The van der Waals surface area contributed by atoms with Gasteiger partial charge in [-0.25, -0.2) is 4.79 Å². The fraction of sp³-hybridized carbons (Fsp3) is 0.857. The summed E-state index contributed by atoms with van der Waals surface area (Å²) in [6.45, 7) is 7.00. The Balaban J connectivity index is 2.54. The second kappa shape index (κ2) is 13.8.